The summed E-state index contributed by atoms with van der Waals surface area (Å²) < 4.78 is 12.5. The maximum Gasteiger partial charge on any atom is 0.240 e. The van der Waals surface area contributed by atoms with E-state index in [-0.39, 0.29) is 35.9 Å². The van der Waals surface area contributed by atoms with Crippen LogP contribution in [0.4, 0.5) is 5.82 Å². The van der Waals surface area contributed by atoms with Crippen LogP contribution in [0.1, 0.15) is 22.1 Å². The van der Waals surface area contributed by atoms with Gasteiger partial charge in [0.1, 0.15) is 23.9 Å². The van der Waals surface area contributed by atoms with Gasteiger partial charge in [-0.05, 0) is 58.8 Å². The van der Waals surface area contributed by atoms with Crippen molar-refractivity contribution >= 4 is 40.7 Å². The number of carbonyl (C=O) groups excluding carboxylic acids is 2. The van der Waals surface area contributed by atoms with Crippen molar-refractivity contribution in [3.05, 3.63) is 107 Å². The first-order chi connectivity index (χ1) is 19.6. The minimum Gasteiger partial charge on any atom is -0.497 e. The summed E-state index contributed by atoms with van der Waals surface area (Å²) in [5.74, 6) is 1.70. The summed E-state index contributed by atoms with van der Waals surface area (Å²) >= 11 is 3.17. The van der Waals surface area contributed by atoms with Gasteiger partial charge in [0.2, 0.25) is 11.8 Å². The van der Waals surface area contributed by atoms with Crippen LogP contribution in [0, 0.1) is 0 Å². The number of anilines is 1. The topological polar surface area (TPSA) is 89.6 Å². The highest BCUT2D eigenvalue weighted by Gasteiger charge is 2.37. The molecule has 0 unspecified atom stereocenters. The van der Waals surface area contributed by atoms with Crippen molar-refractivity contribution in [1.82, 2.24) is 15.1 Å². The van der Waals surface area contributed by atoms with Gasteiger partial charge < -0.3 is 14.5 Å². The number of ether oxygens (including phenoxy) is 1. The van der Waals surface area contributed by atoms with Crippen molar-refractivity contribution in [3.63, 3.8) is 0 Å². The van der Waals surface area contributed by atoms with E-state index in [0.717, 1.165) is 28.1 Å². The summed E-state index contributed by atoms with van der Waals surface area (Å²) in [5.41, 5.74) is 4.45. The Balaban J connectivity index is 1.51. The molecule has 1 aliphatic heterocycles. The number of hydrogen-bond acceptors (Lipinski definition) is 7. The fraction of sp³-hybridized carbons (Fsp3) is 0.167. The van der Waals surface area contributed by atoms with Crippen molar-refractivity contribution in [3.8, 4) is 22.7 Å². The van der Waals surface area contributed by atoms with Crippen LogP contribution >= 0.6 is 23.1 Å². The number of benzene rings is 2. The monoisotopic (exact) mass is 570 g/mol. The number of furan rings is 1. The van der Waals surface area contributed by atoms with Crippen molar-refractivity contribution in [2.24, 2.45) is 0 Å². The lowest BCUT2D eigenvalue weighted by Crippen LogP contribution is -2.42. The lowest BCUT2D eigenvalue weighted by atomic mass is 10.0. The molecule has 0 spiro atoms. The number of methoxy groups -OCH3 is 1. The Hall–Kier alpha value is -4.28. The van der Waals surface area contributed by atoms with Gasteiger partial charge in [-0.3, -0.25) is 14.5 Å². The van der Waals surface area contributed by atoms with Gasteiger partial charge in [-0.15, -0.1) is 11.8 Å². The van der Waals surface area contributed by atoms with Crippen LogP contribution < -0.4 is 15.0 Å². The minimum atomic E-state index is -0.293. The molecule has 10 heteroatoms. The second-order valence-corrected chi connectivity index (χ2v) is 11.0. The Labute approximate surface area is 239 Å². The molecule has 1 N–H and O–H groups in total. The molecule has 3 aromatic heterocycles. The van der Waals surface area contributed by atoms with Crippen molar-refractivity contribution < 1.29 is 18.7 Å². The van der Waals surface area contributed by atoms with Gasteiger partial charge in [0.05, 0.1) is 42.3 Å². The maximum absolute atomic E-state index is 13.7. The number of aromatic nitrogens is 2. The van der Waals surface area contributed by atoms with E-state index >= 15 is 0 Å². The number of thioether (sulfide) groups is 1. The zero-order valence-corrected chi connectivity index (χ0v) is 23.3. The number of thiophene rings is 1. The van der Waals surface area contributed by atoms with E-state index in [1.54, 1.807) is 58.2 Å². The Bertz CT molecular complexity index is 1600. The second kappa shape index (κ2) is 11.4. The number of nitrogens with zero attached hydrogens (tertiary/aromatic N) is 3. The molecule has 0 aliphatic carbocycles. The first-order valence-corrected chi connectivity index (χ1v) is 14.7. The highest BCUT2D eigenvalue weighted by atomic mass is 32.2. The number of rotatable bonds is 8. The van der Waals surface area contributed by atoms with E-state index in [9.17, 15) is 9.59 Å². The zero-order chi connectivity index (χ0) is 27.5. The standard InChI is InChI=1S/C30H26N4O4S2/c1-37-23-11-9-22(10-12-23)34-30-27(28(32-34)20-6-3-2-4-7-20)29(21-13-15-39-18-21)40-19-26(36)33(30)17-25(35)31-16-24-8-5-14-38-24/h2-15,18,29H,16-17,19H2,1H3,(H,31,35)/t29-/m0/s1. The third-order valence-electron chi connectivity index (χ3n) is 6.64. The number of amides is 2. The molecule has 0 saturated heterocycles. The molecule has 1 aliphatic rings. The largest absolute Gasteiger partial charge is 0.497 e. The van der Waals surface area contributed by atoms with Gasteiger partial charge in [0.25, 0.3) is 0 Å². The van der Waals surface area contributed by atoms with Gasteiger partial charge in [0, 0.05) is 11.1 Å². The smallest absolute Gasteiger partial charge is 0.240 e. The van der Waals surface area contributed by atoms with E-state index in [1.165, 1.54) is 0 Å². The number of fused-ring (bicyclic) bond motifs is 1. The summed E-state index contributed by atoms with van der Waals surface area (Å²) in [6.07, 6.45) is 1.56. The Kier molecular flexibility index (Phi) is 7.43. The van der Waals surface area contributed by atoms with Crippen molar-refractivity contribution in [2.75, 3.05) is 24.3 Å². The third-order valence-corrected chi connectivity index (χ3v) is 8.60. The first-order valence-electron chi connectivity index (χ1n) is 12.7. The molecule has 1 atom stereocenters. The molecule has 2 aromatic carbocycles. The Morgan fingerprint density at radius 1 is 1.10 bits per heavy atom. The first kappa shape index (κ1) is 26.0. The second-order valence-electron chi connectivity index (χ2n) is 9.15. The minimum absolute atomic E-state index is 0.149. The van der Waals surface area contributed by atoms with E-state index in [4.69, 9.17) is 14.3 Å². The van der Waals surface area contributed by atoms with Crippen LogP contribution in [0.5, 0.6) is 5.75 Å². The van der Waals surface area contributed by atoms with Crippen LogP contribution in [0.15, 0.2) is 94.2 Å². The fourth-order valence-corrected chi connectivity index (χ4v) is 6.68. The lowest BCUT2D eigenvalue weighted by molar-refractivity contribution is -0.123. The van der Waals surface area contributed by atoms with Gasteiger partial charge in [0.15, 0.2) is 0 Å². The van der Waals surface area contributed by atoms with Gasteiger partial charge >= 0.3 is 0 Å². The molecule has 8 nitrogen and oxygen atoms in total. The van der Waals surface area contributed by atoms with Gasteiger partial charge in [-0.25, -0.2) is 4.68 Å². The number of nitrogens with one attached hydrogen (secondary N) is 1. The zero-order valence-electron chi connectivity index (χ0n) is 21.7. The summed E-state index contributed by atoms with van der Waals surface area (Å²) in [6, 6.07) is 23.1. The van der Waals surface area contributed by atoms with Crippen LogP contribution in [0.25, 0.3) is 16.9 Å². The summed E-state index contributed by atoms with van der Waals surface area (Å²) in [6.45, 7) is 0.0829. The van der Waals surface area contributed by atoms with E-state index in [0.29, 0.717) is 17.3 Å². The SMILES string of the molecule is COc1ccc(-n2nc(-c3ccccc3)c3c2N(CC(=O)NCc2ccco2)C(=O)CS[C@H]3c2ccsc2)cc1. The fourth-order valence-electron chi connectivity index (χ4n) is 4.72. The lowest BCUT2D eigenvalue weighted by Gasteiger charge is -2.23. The molecular formula is C30H26N4O4S2. The highest BCUT2D eigenvalue weighted by Crippen LogP contribution is 2.48. The Morgan fingerprint density at radius 2 is 1.93 bits per heavy atom. The molecule has 2 amide bonds. The summed E-state index contributed by atoms with van der Waals surface area (Å²) in [5, 5.41) is 12.0. The maximum atomic E-state index is 13.7. The van der Waals surface area contributed by atoms with E-state index in [1.807, 2.05) is 60.0 Å². The molecule has 202 valence electrons. The molecule has 40 heavy (non-hydrogen) atoms. The van der Waals surface area contributed by atoms with Crippen LogP contribution in [-0.4, -0.2) is 41.0 Å². The normalized spacial score (nSPS) is 15.0. The molecule has 0 saturated carbocycles. The molecule has 5 aromatic rings. The predicted molar refractivity (Wildman–Crippen MR) is 157 cm³/mol. The third kappa shape index (κ3) is 5.15. The average Bonchev–Trinajstić information content (AvgIpc) is 3.77. The van der Waals surface area contributed by atoms with Crippen molar-refractivity contribution in [1.29, 1.82) is 0 Å². The predicted octanol–water partition coefficient (Wildman–Crippen LogP) is 5.69. The summed E-state index contributed by atoms with van der Waals surface area (Å²) in [7, 11) is 1.62. The highest BCUT2D eigenvalue weighted by molar-refractivity contribution is 8.00. The number of carbonyl (C=O) groups is 2. The van der Waals surface area contributed by atoms with E-state index in [2.05, 4.69) is 16.8 Å². The molecule has 4 heterocycles. The number of hydrogen-bond donors (Lipinski definition) is 1. The van der Waals surface area contributed by atoms with Gasteiger partial charge in [-0.2, -0.15) is 16.4 Å². The quantitative estimate of drug-likeness (QED) is 0.258. The van der Waals surface area contributed by atoms with E-state index < -0.39 is 0 Å². The average molecular weight is 571 g/mol. The van der Waals surface area contributed by atoms with Crippen LogP contribution in [0.2, 0.25) is 0 Å². The molecule has 6 rings (SSSR count). The molecule has 0 radical (unpaired) electrons. The van der Waals surface area contributed by atoms with Gasteiger partial charge in [-0.1, -0.05) is 30.3 Å². The summed E-state index contributed by atoms with van der Waals surface area (Å²) in [4.78, 5) is 28.5. The van der Waals surface area contributed by atoms with Crippen LogP contribution in [-0.2, 0) is 16.1 Å². The molecule has 0 bridgehead atoms. The van der Waals surface area contributed by atoms with Crippen LogP contribution in [0.3, 0.4) is 0 Å². The Morgan fingerprint density at radius 3 is 2.62 bits per heavy atom. The van der Waals surface area contributed by atoms with Crippen molar-refractivity contribution in [2.45, 2.75) is 11.8 Å². The molecule has 0 fully saturated rings. The molecular weight excluding hydrogens is 544 g/mol.